The SMILES string of the molecule is Cc1cc(C)c(NC(=O)C2C3CCCCC32)c(Br)c1. The van der Waals surface area contributed by atoms with Crippen molar-refractivity contribution in [3.05, 3.63) is 27.7 Å². The number of carbonyl (C=O) groups excluding carboxylic acids is 1. The summed E-state index contributed by atoms with van der Waals surface area (Å²) in [6, 6.07) is 4.17. The van der Waals surface area contributed by atoms with Gasteiger partial charge in [0.2, 0.25) is 5.91 Å². The van der Waals surface area contributed by atoms with Gasteiger partial charge in [0.25, 0.3) is 0 Å². The lowest BCUT2D eigenvalue weighted by Crippen LogP contribution is -2.16. The number of hydrogen-bond donors (Lipinski definition) is 1. The highest BCUT2D eigenvalue weighted by Gasteiger charge is 2.54. The van der Waals surface area contributed by atoms with E-state index in [-0.39, 0.29) is 11.8 Å². The van der Waals surface area contributed by atoms with Gasteiger partial charge in [-0.25, -0.2) is 0 Å². The summed E-state index contributed by atoms with van der Waals surface area (Å²) < 4.78 is 0.988. The molecule has 3 heteroatoms. The van der Waals surface area contributed by atoms with E-state index >= 15 is 0 Å². The normalized spacial score (nSPS) is 28.7. The summed E-state index contributed by atoms with van der Waals surface area (Å²) in [5.74, 6) is 1.83. The Morgan fingerprint density at radius 1 is 1.21 bits per heavy atom. The minimum absolute atomic E-state index is 0.226. The highest BCUT2D eigenvalue weighted by atomic mass is 79.9. The van der Waals surface area contributed by atoms with Crippen molar-refractivity contribution in [1.29, 1.82) is 0 Å². The third kappa shape index (κ3) is 2.45. The molecule has 2 aliphatic rings. The van der Waals surface area contributed by atoms with Crippen LogP contribution in [0.4, 0.5) is 5.69 Å². The Kier molecular flexibility index (Phi) is 3.42. The molecule has 102 valence electrons. The van der Waals surface area contributed by atoms with Gasteiger partial charge in [-0.1, -0.05) is 18.9 Å². The Morgan fingerprint density at radius 3 is 2.42 bits per heavy atom. The molecule has 1 amide bonds. The van der Waals surface area contributed by atoms with Crippen molar-refractivity contribution in [3.63, 3.8) is 0 Å². The number of hydrogen-bond acceptors (Lipinski definition) is 1. The standard InChI is InChI=1S/C16H20BrNO/c1-9-7-10(2)15(13(17)8-9)18-16(19)14-11-5-3-4-6-12(11)14/h7-8,11-12,14H,3-6H2,1-2H3,(H,18,19). The van der Waals surface area contributed by atoms with Gasteiger partial charge >= 0.3 is 0 Å². The van der Waals surface area contributed by atoms with E-state index in [0.717, 1.165) is 15.7 Å². The lowest BCUT2D eigenvalue weighted by molar-refractivity contribution is -0.117. The number of rotatable bonds is 2. The van der Waals surface area contributed by atoms with Crippen LogP contribution in [0.5, 0.6) is 0 Å². The predicted octanol–water partition coefficient (Wildman–Crippen LogP) is 4.44. The van der Waals surface area contributed by atoms with Crippen LogP contribution in [0.2, 0.25) is 0 Å². The van der Waals surface area contributed by atoms with Crippen LogP contribution in [0, 0.1) is 31.6 Å². The van der Waals surface area contributed by atoms with Crippen LogP contribution in [0.25, 0.3) is 0 Å². The number of halogens is 1. The smallest absolute Gasteiger partial charge is 0.228 e. The zero-order valence-corrected chi connectivity index (χ0v) is 13.1. The number of nitrogens with one attached hydrogen (secondary N) is 1. The molecular weight excluding hydrogens is 302 g/mol. The Labute approximate surface area is 123 Å². The topological polar surface area (TPSA) is 29.1 Å². The highest BCUT2D eigenvalue weighted by Crippen LogP contribution is 2.55. The Balaban J connectivity index is 1.74. The molecule has 2 fully saturated rings. The summed E-state index contributed by atoms with van der Waals surface area (Å²) in [7, 11) is 0. The van der Waals surface area contributed by atoms with Gasteiger partial charge in [0.05, 0.1) is 5.69 Å². The first-order chi connectivity index (χ1) is 9.08. The largest absolute Gasteiger partial charge is 0.325 e. The van der Waals surface area contributed by atoms with E-state index in [1.54, 1.807) is 0 Å². The average Bonchev–Trinajstić information content (AvgIpc) is 3.07. The highest BCUT2D eigenvalue weighted by molar-refractivity contribution is 9.10. The fourth-order valence-electron chi connectivity index (χ4n) is 3.66. The van der Waals surface area contributed by atoms with E-state index in [0.29, 0.717) is 11.8 Å². The molecular formula is C16H20BrNO. The molecule has 0 heterocycles. The zero-order valence-electron chi connectivity index (χ0n) is 11.5. The molecule has 2 saturated carbocycles. The second-order valence-electron chi connectivity index (χ2n) is 6.07. The van der Waals surface area contributed by atoms with Gasteiger partial charge < -0.3 is 5.32 Å². The molecule has 2 atom stereocenters. The quantitative estimate of drug-likeness (QED) is 0.857. The molecule has 2 aliphatic carbocycles. The zero-order chi connectivity index (χ0) is 13.6. The molecule has 2 nitrogen and oxygen atoms in total. The molecule has 3 rings (SSSR count). The third-order valence-electron chi connectivity index (χ3n) is 4.64. The van der Waals surface area contributed by atoms with Gasteiger partial charge in [-0.15, -0.1) is 0 Å². The van der Waals surface area contributed by atoms with Gasteiger partial charge in [0.15, 0.2) is 0 Å². The Bertz CT molecular complexity index is 490. The van der Waals surface area contributed by atoms with E-state index in [2.05, 4.69) is 40.3 Å². The van der Waals surface area contributed by atoms with Crippen LogP contribution < -0.4 is 5.32 Å². The van der Waals surface area contributed by atoms with Gasteiger partial charge in [0, 0.05) is 10.4 Å². The minimum Gasteiger partial charge on any atom is -0.325 e. The van der Waals surface area contributed by atoms with Crippen LogP contribution in [-0.2, 0) is 4.79 Å². The maximum absolute atomic E-state index is 12.4. The molecule has 0 aromatic heterocycles. The van der Waals surface area contributed by atoms with E-state index in [1.807, 2.05) is 6.92 Å². The predicted molar refractivity (Wildman–Crippen MR) is 81.2 cm³/mol. The lowest BCUT2D eigenvalue weighted by atomic mass is 10.0. The second-order valence-corrected chi connectivity index (χ2v) is 6.92. The molecule has 19 heavy (non-hydrogen) atoms. The Hall–Kier alpha value is -0.830. The maximum Gasteiger partial charge on any atom is 0.228 e. The van der Waals surface area contributed by atoms with Crippen LogP contribution in [-0.4, -0.2) is 5.91 Å². The van der Waals surface area contributed by atoms with Crippen molar-refractivity contribution >= 4 is 27.5 Å². The summed E-state index contributed by atoms with van der Waals surface area (Å²) in [6.07, 6.45) is 5.10. The molecule has 1 aromatic rings. The number of amides is 1. The lowest BCUT2D eigenvalue weighted by Gasteiger charge is -2.11. The van der Waals surface area contributed by atoms with E-state index in [4.69, 9.17) is 0 Å². The fraction of sp³-hybridized carbons (Fsp3) is 0.562. The summed E-state index contributed by atoms with van der Waals surface area (Å²) in [4.78, 5) is 12.4. The monoisotopic (exact) mass is 321 g/mol. The van der Waals surface area contributed by atoms with Crippen molar-refractivity contribution in [3.8, 4) is 0 Å². The summed E-state index contributed by atoms with van der Waals surface area (Å²) in [5, 5.41) is 3.14. The number of benzene rings is 1. The fourth-order valence-corrected chi connectivity index (χ4v) is 4.43. The van der Waals surface area contributed by atoms with Crippen molar-refractivity contribution in [2.45, 2.75) is 39.5 Å². The number of aryl methyl sites for hydroxylation is 2. The molecule has 0 saturated heterocycles. The summed E-state index contributed by atoms with van der Waals surface area (Å²) in [6.45, 7) is 4.12. The van der Waals surface area contributed by atoms with Crippen molar-refractivity contribution in [1.82, 2.24) is 0 Å². The third-order valence-corrected chi connectivity index (χ3v) is 5.26. The van der Waals surface area contributed by atoms with Crippen molar-refractivity contribution in [2.75, 3.05) is 5.32 Å². The first-order valence-electron chi connectivity index (χ1n) is 7.15. The first kappa shape index (κ1) is 13.2. The van der Waals surface area contributed by atoms with Gasteiger partial charge in [-0.05, 0) is 71.6 Å². The molecule has 2 unspecified atom stereocenters. The molecule has 0 spiro atoms. The molecule has 0 radical (unpaired) electrons. The molecule has 1 N–H and O–H groups in total. The van der Waals surface area contributed by atoms with Crippen LogP contribution in [0.3, 0.4) is 0 Å². The minimum atomic E-state index is 0.226. The summed E-state index contributed by atoms with van der Waals surface area (Å²) in [5.41, 5.74) is 3.28. The maximum atomic E-state index is 12.4. The van der Waals surface area contributed by atoms with Gasteiger partial charge in [-0.3, -0.25) is 4.79 Å². The van der Waals surface area contributed by atoms with Gasteiger partial charge in [0.1, 0.15) is 0 Å². The molecule has 0 aliphatic heterocycles. The number of carbonyl (C=O) groups is 1. The van der Waals surface area contributed by atoms with E-state index < -0.39 is 0 Å². The summed E-state index contributed by atoms with van der Waals surface area (Å²) >= 11 is 3.56. The number of fused-ring (bicyclic) bond motifs is 1. The first-order valence-corrected chi connectivity index (χ1v) is 7.95. The van der Waals surface area contributed by atoms with Crippen molar-refractivity contribution in [2.24, 2.45) is 17.8 Å². The van der Waals surface area contributed by atoms with E-state index in [9.17, 15) is 4.79 Å². The van der Waals surface area contributed by atoms with Crippen LogP contribution in [0.1, 0.15) is 36.8 Å². The van der Waals surface area contributed by atoms with Crippen LogP contribution >= 0.6 is 15.9 Å². The Morgan fingerprint density at radius 2 is 1.84 bits per heavy atom. The van der Waals surface area contributed by atoms with E-state index in [1.165, 1.54) is 31.2 Å². The second kappa shape index (κ2) is 4.93. The van der Waals surface area contributed by atoms with Crippen molar-refractivity contribution < 1.29 is 4.79 Å². The number of anilines is 1. The molecule has 0 bridgehead atoms. The van der Waals surface area contributed by atoms with Crippen LogP contribution in [0.15, 0.2) is 16.6 Å². The average molecular weight is 322 g/mol. The molecule has 1 aromatic carbocycles. The van der Waals surface area contributed by atoms with Gasteiger partial charge in [-0.2, -0.15) is 0 Å².